The molecular formula is C20H20N2O4. The molecule has 0 saturated carbocycles. The van der Waals surface area contributed by atoms with E-state index in [-0.39, 0.29) is 17.5 Å². The van der Waals surface area contributed by atoms with Crippen molar-refractivity contribution >= 4 is 17.5 Å². The first-order chi connectivity index (χ1) is 12.6. The molecule has 3 rings (SSSR count). The highest BCUT2D eigenvalue weighted by Crippen LogP contribution is 2.31. The Kier molecular flexibility index (Phi) is 5.22. The smallest absolute Gasteiger partial charge is 0.277 e. The number of imide groups is 1. The Labute approximate surface area is 152 Å². The van der Waals surface area contributed by atoms with Crippen molar-refractivity contribution in [2.75, 3.05) is 26.1 Å². The molecule has 0 aromatic heterocycles. The second-order valence-electron chi connectivity index (χ2n) is 5.78. The number of carbonyl (C=O) groups is 2. The van der Waals surface area contributed by atoms with Gasteiger partial charge in [0.15, 0.2) is 0 Å². The van der Waals surface area contributed by atoms with Crippen LogP contribution >= 0.6 is 0 Å². The van der Waals surface area contributed by atoms with E-state index in [0.717, 1.165) is 5.56 Å². The zero-order valence-electron chi connectivity index (χ0n) is 14.7. The van der Waals surface area contributed by atoms with Crippen LogP contribution in [-0.2, 0) is 16.0 Å². The summed E-state index contributed by atoms with van der Waals surface area (Å²) in [4.78, 5) is 26.0. The molecule has 134 valence electrons. The zero-order chi connectivity index (χ0) is 18.5. The number of methoxy groups -OCH3 is 2. The van der Waals surface area contributed by atoms with Crippen LogP contribution in [0.3, 0.4) is 0 Å². The molecule has 2 aromatic rings. The highest BCUT2D eigenvalue weighted by molar-refractivity contribution is 6.17. The Morgan fingerprint density at radius 3 is 2.46 bits per heavy atom. The van der Waals surface area contributed by atoms with Crippen LogP contribution in [0.1, 0.15) is 5.56 Å². The minimum absolute atomic E-state index is 0.228. The van der Waals surface area contributed by atoms with E-state index in [0.29, 0.717) is 30.2 Å². The monoisotopic (exact) mass is 352 g/mol. The van der Waals surface area contributed by atoms with Crippen molar-refractivity contribution in [3.8, 4) is 11.5 Å². The summed E-state index contributed by atoms with van der Waals surface area (Å²) in [5.74, 6) is 0.498. The van der Waals surface area contributed by atoms with Crippen LogP contribution in [0.2, 0.25) is 0 Å². The van der Waals surface area contributed by atoms with Crippen LogP contribution in [0.25, 0.3) is 0 Å². The molecule has 0 fully saturated rings. The molecule has 0 aliphatic carbocycles. The average Bonchev–Trinajstić information content (AvgIpc) is 2.94. The van der Waals surface area contributed by atoms with Crippen LogP contribution in [0, 0.1) is 0 Å². The lowest BCUT2D eigenvalue weighted by Gasteiger charge is -2.16. The van der Waals surface area contributed by atoms with Crippen molar-refractivity contribution in [3.05, 3.63) is 65.9 Å². The van der Waals surface area contributed by atoms with Crippen LogP contribution < -0.4 is 14.8 Å². The second-order valence-corrected chi connectivity index (χ2v) is 5.78. The summed E-state index contributed by atoms with van der Waals surface area (Å²) >= 11 is 0. The first kappa shape index (κ1) is 17.5. The van der Waals surface area contributed by atoms with Crippen LogP contribution in [0.4, 0.5) is 5.69 Å². The molecule has 2 aromatic carbocycles. The lowest BCUT2D eigenvalue weighted by molar-refractivity contribution is -0.137. The lowest BCUT2D eigenvalue weighted by Crippen LogP contribution is -2.33. The molecule has 0 radical (unpaired) electrons. The summed E-state index contributed by atoms with van der Waals surface area (Å²) in [6.45, 7) is 0.336. The molecule has 0 saturated heterocycles. The van der Waals surface area contributed by atoms with Gasteiger partial charge in [0, 0.05) is 18.7 Å². The van der Waals surface area contributed by atoms with E-state index in [1.807, 2.05) is 30.3 Å². The molecule has 0 unspecified atom stereocenters. The molecule has 6 heteroatoms. The number of carbonyl (C=O) groups excluding carboxylic acids is 2. The number of hydrogen-bond donors (Lipinski definition) is 1. The summed E-state index contributed by atoms with van der Waals surface area (Å²) in [7, 11) is 3.09. The van der Waals surface area contributed by atoms with Gasteiger partial charge >= 0.3 is 0 Å². The Morgan fingerprint density at radius 1 is 1.00 bits per heavy atom. The molecule has 1 aliphatic rings. The number of ether oxygens (including phenoxy) is 2. The molecule has 1 aliphatic heterocycles. The molecule has 2 amide bonds. The van der Waals surface area contributed by atoms with Gasteiger partial charge in [-0.2, -0.15) is 0 Å². The fraction of sp³-hybridized carbons (Fsp3) is 0.200. The van der Waals surface area contributed by atoms with Gasteiger partial charge in [-0.05, 0) is 24.1 Å². The number of anilines is 1. The Morgan fingerprint density at radius 2 is 1.77 bits per heavy atom. The standard InChI is InChI=1S/C20H20N2O4/c1-25-15-8-9-16(18(12-15)26-2)21-17-13-19(23)22(20(17)24)11-10-14-6-4-3-5-7-14/h3-9,12-13,21H,10-11H2,1-2H3. The normalized spacial score (nSPS) is 13.6. The largest absolute Gasteiger partial charge is 0.497 e. The van der Waals surface area contributed by atoms with E-state index >= 15 is 0 Å². The Hall–Kier alpha value is -3.28. The van der Waals surface area contributed by atoms with E-state index in [4.69, 9.17) is 9.47 Å². The van der Waals surface area contributed by atoms with Crippen LogP contribution in [-0.4, -0.2) is 37.5 Å². The highest BCUT2D eigenvalue weighted by Gasteiger charge is 2.31. The molecule has 26 heavy (non-hydrogen) atoms. The van der Waals surface area contributed by atoms with Crippen LogP contribution in [0.5, 0.6) is 11.5 Å². The van der Waals surface area contributed by atoms with Gasteiger partial charge in [0.25, 0.3) is 11.8 Å². The van der Waals surface area contributed by atoms with Gasteiger partial charge in [-0.15, -0.1) is 0 Å². The van der Waals surface area contributed by atoms with Gasteiger partial charge in [-0.3, -0.25) is 14.5 Å². The lowest BCUT2D eigenvalue weighted by atomic mass is 10.1. The summed E-state index contributed by atoms with van der Waals surface area (Å²) in [5, 5.41) is 2.99. The second kappa shape index (κ2) is 7.74. The maximum Gasteiger partial charge on any atom is 0.277 e. The summed E-state index contributed by atoms with van der Waals surface area (Å²) in [6, 6.07) is 14.9. The van der Waals surface area contributed by atoms with Crippen LogP contribution in [0.15, 0.2) is 60.3 Å². The third-order valence-electron chi connectivity index (χ3n) is 4.15. The quantitative estimate of drug-likeness (QED) is 0.776. The molecular weight excluding hydrogens is 332 g/mol. The number of benzene rings is 2. The van der Waals surface area contributed by atoms with E-state index < -0.39 is 0 Å². The summed E-state index contributed by atoms with van der Waals surface area (Å²) < 4.78 is 10.5. The van der Waals surface area contributed by atoms with Crippen molar-refractivity contribution in [1.29, 1.82) is 0 Å². The zero-order valence-corrected chi connectivity index (χ0v) is 14.7. The minimum atomic E-state index is -0.344. The van der Waals surface area contributed by atoms with E-state index in [9.17, 15) is 9.59 Å². The third-order valence-corrected chi connectivity index (χ3v) is 4.15. The predicted octanol–water partition coefficient (Wildman–Crippen LogP) is 2.61. The maximum atomic E-state index is 12.6. The van der Waals surface area contributed by atoms with Gasteiger partial charge in [0.05, 0.1) is 19.9 Å². The van der Waals surface area contributed by atoms with E-state index in [2.05, 4.69) is 5.32 Å². The Balaban J connectivity index is 1.69. The fourth-order valence-corrected chi connectivity index (χ4v) is 2.74. The van der Waals surface area contributed by atoms with Crippen molar-refractivity contribution < 1.29 is 19.1 Å². The molecule has 6 nitrogen and oxygen atoms in total. The van der Waals surface area contributed by atoms with Gasteiger partial charge in [0.1, 0.15) is 17.2 Å². The number of nitrogens with zero attached hydrogens (tertiary/aromatic N) is 1. The van der Waals surface area contributed by atoms with Crippen molar-refractivity contribution in [2.45, 2.75) is 6.42 Å². The van der Waals surface area contributed by atoms with Crippen molar-refractivity contribution in [3.63, 3.8) is 0 Å². The topological polar surface area (TPSA) is 67.9 Å². The molecule has 0 spiro atoms. The number of rotatable bonds is 7. The minimum Gasteiger partial charge on any atom is -0.497 e. The van der Waals surface area contributed by atoms with E-state index in [1.54, 1.807) is 25.3 Å². The highest BCUT2D eigenvalue weighted by atomic mass is 16.5. The first-order valence-electron chi connectivity index (χ1n) is 8.23. The maximum absolute atomic E-state index is 12.6. The number of amides is 2. The molecule has 1 N–H and O–H groups in total. The van der Waals surface area contributed by atoms with Crippen molar-refractivity contribution in [1.82, 2.24) is 4.90 Å². The average molecular weight is 352 g/mol. The molecule has 0 bridgehead atoms. The third kappa shape index (κ3) is 3.69. The predicted molar refractivity (Wildman–Crippen MR) is 98.1 cm³/mol. The van der Waals surface area contributed by atoms with Gasteiger partial charge < -0.3 is 14.8 Å². The number of hydrogen-bond acceptors (Lipinski definition) is 5. The molecule has 1 heterocycles. The Bertz CT molecular complexity index is 846. The SMILES string of the molecule is COc1ccc(NC2=CC(=O)N(CCc3ccccc3)C2=O)c(OC)c1. The number of nitrogens with one attached hydrogen (secondary N) is 1. The van der Waals surface area contributed by atoms with E-state index in [1.165, 1.54) is 18.1 Å². The fourth-order valence-electron chi connectivity index (χ4n) is 2.74. The first-order valence-corrected chi connectivity index (χ1v) is 8.23. The van der Waals surface area contributed by atoms with Crippen molar-refractivity contribution in [2.24, 2.45) is 0 Å². The van der Waals surface area contributed by atoms with Gasteiger partial charge in [0.2, 0.25) is 0 Å². The summed E-state index contributed by atoms with van der Waals surface area (Å²) in [6.07, 6.45) is 1.93. The molecule has 0 atom stereocenters. The van der Waals surface area contributed by atoms with Gasteiger partial charge in [-0.1, -0.05) is 30.3 Å². The van der Waals surface area contributed by atoms with Gasteiger partial charge in [-0.25, -0.2) is 0 Å². The summed E-state index contributed by atoms with van der Waals surface area (Å²) in [5.41, 5.74) is 1.89.